The standard InChI is InChI=1S/C19H17Cl2N3O4/c1-23-13(10-12(20)17(23)21)18(25)22-15-11-4-2-3-5-14(11)28-16(15)19(26)24-6-8-27-9-7-24/h2-5,10H,6-9H2,1H3,(H,22,25). The first kappa shape index (κ1) is 18.9. The largest absolute Gasteiger partial charge is 0.449 e. The maximum Gasteiger partial charge on any atom is 0.291 e. The first-order valence-corrected chi connectivity index (χ1v) is 9.43. The number of anilines is 1. The first-order chi connectivity index (χ1) is 13.5. The number of para-hydroxylation sites is 1. The molecule has 0 unspecified atom stereocenters. The first-order valence-electron chi connectivity index (χ1n) is 8.68. The van der Waals surface area contributed by atoms with Crippen molar-refractivity contribution < 1.29 is 18.7 Å². The number of furan rings is 1. The topological polar surface area (TPSA) is 76.7 Å². The van der Waals surface area contributed by atoms with Gasteiger partial charge in [0.2, 0.25) is 5.76 Å². The van der Waals surface area contributed by atoms with E-state index < -0.39 is 5.91 Å². The summed E-state index contributed by atoms with van der Waals surface area (Å²) in [6, 6.07) is 8.63. The zero-order valence-electron chi connectivity index (χ0n) is 15.0. The second kappa shape index (κ2) is 7.50. The monoisotopic (exact) mass is 421 g/mol. The number of ether oxygens (including phenoxy) is 1. The van der Waals surface area contributed by atoms with Gasteiger partial charge in [0.25, 0.3) is 11.8 Å². The number of carbonyl (C=O) groups is 2. The number of nitrogens with zero attached hydrogens (tertiary/aromatic N) is 2. The number of fused-ring (bicyclic) bond motifs is 1. The molecule has 0 radical (unpaired) electrons. The lowest BCUT2D eigenvalue weighted by Crippen LogP contribution is -2.40. The summed E-state index contributed by atoms with van der Waals surface area (Å²) in [5.74, 6) is -0.653. The molecule has 146 valence electrons. The second-order valence-electron chi connectivity index (χ2n) is 6.39. The SMILES string of the molecule is Cn1c(C(=O)Nc2c(C(=O)N3CCOCC3)oc3ccccc23)cc(Cl)c1Cl. The fraction of sp³-hybridized carbons (Fsp3) is 0.263. The van der Waals surface area contributed by atoms with Gasteiger partial charge in [-0.15, -0.1) is 0 Å². The molecule has 1 aliphatic rings. The van der Waals surface area contributed by atoms with Gasteiger partial charge in [-0.05, 0) is 18.2 Å². The van der Waals surface area contributed by atoms with Gasteiger partial charge in [0.15, 0.2) is 0 Å². The normalized spacial score (nSPS) is 14.5. The van der Waals surface area contributed by atoms with E-state index in [9.17, 15) is 9.59 Å². The van der Waals surface area contributed by atoms with Gasteiger partial charge in [0, 0.05) is 25.5 Å². The summed E-state index contributed by atoms with van der Waals surface area (Å²) in [6.45, 7) is 1.86. The number of benzene rings is 1. The van der Waals surface area contributed by atoms with Gasteiger partial charge in [-0.2, -0.15) is 0 Å². The van der Waals surface area contributed by atoms with Crippen molar-refractivity contribution in [2.75, 3.05) is 31.6 Å². The molecule has 1 saturated heterocycles. The lowest BCUT2D eigenvalue weighted by Gasteiger charge is -2.26. The van der Waals surface area contributed by atoms with E-state index in [4.69, 9.17) is 32.4 Å². The summed E-state index contributed by atoms with van der Waals surface area (Å²) in [5.41, 5.74) is 1.10. The molecule has 9 heteroatoms. The molecule has 0 atom stereocenters. The molecular weight excluding hydrogens is 405 g/mol. The van der Waals surface area contributed by atoms with Crippen molar-refractivity contribution in [2.24, 2.45) is 7.05 Å². The molecule has 4 rings (SSSR count). The maximum atomic E-state index is 13.0. The number of rotatable bonds is 3. The van der Waals surface area contributed by atoms with Crippen molar-refractivity contribution in [1.29, 1.82) is 0 Å². The molecular formula is C19H17Cl2N3O4. The quantitative estimate of drug-likeness (QED) is 0.697. The number of nitrogens with one attached hydrogen (secondary N) is 1. The van der Waals surface area contributed by atoms with Crippen LogP contribution < -0.4 is 5.32 Å². The second-order valence-corrected chi connectivity index (χ2v) is 7.15. The minimum absolute atomic E-state index is 0.0860. The van der Waals surface area contributed by atoms with Crippen molar-refractivity contribution >= 4 is 51.7 Å². The van der Waals surface area contributed by atoms with Crippen LogP contribution in [0.3, 0.4) is 0 Å². The molecule has 3 heterocycles. The Labute approximate surface area is 170 Å². The Morgan fingerprint density at radius 1 is 1.14 bits per heavy atom. The minimum Gasteiger partial charge on any atom is -0.449 e. The van der Waals surface area contributed by atoms with Crippen molar-refractivity contribution in [1.82, 2.24) is 9.47 Å². The fourth-order valence-corrected chi connectivity index (χ4v) is 3.54. The van der Waals surface area contributed by atoms with Crippen molar-refractivity contribution in [3.8, 4) is 0 Å². The molecule has 0 bridgehead atoms. The molecule has 1 N–H and O–H groups in total. The van der Waals surface area contributed by atoms with Gasteiger partial charge in [-0.3, -0.25) is 9.59 Å². The summed E-state index contributed by atoms with van der Waals surface area (Å²) in [7, 11) is 1.64. The smallest absolute Gasteiger partial charge is 0.291 e. The average molecular weight is 422 g/mol. The number of hydrogen-bond donors (Lipinski definition) is 1. The van der Waals surface area contributed by atoms with E-state index in [1.807, 2.05) is 6.07 Å². The number of morpholine rings is 1. The van der Waals surface area contributed by atoms with Crippen LogP contribution in [-0.4, -0.2) is 47.6 Å². The predicted molar refractivity (Wildman–Crippen MR) is 106 cm³/mol. The molecule has 3 aromatic rings. The van der Waals surface area contributed by atoms with Gasteiger partial charge < -0.3 is 23.9 Å². The van der Waals surface area contributed by atoms with Gasteiger partial charge in [0.05, 0.1) is 18.2 Å². The van der Waals surface area contributed by atoms with Crippen LogP contribution in [-0.2, 0) is 11.8 Å². The summed E-state index contributed by atoms with van der Waals surface area (Å²) < 4.78 is 12.6. The summed E-state index contributed by atoms with van der Waals surface area (Å²) in [4.78, 5) is 27.5. The van der Waals surface area contributed by atoms with E-state index in [0.717, 1.165) is 0 Å². The lowest BCUT2D eigenvalue weighted by atomic mass is 10.2. The Hall–Kier alpha value is -2.48. The third-order valence-electron chi connectivity index (χ3n) is 4.68. The van der Waals surface area contributed by atoms with E-state index in [-0.39, 0.29) is 27.5 Å². The molecule has 28 heavy (non-hydrogen) atoms. The van der Waals surface area contributed by atoms with Crippen LogP contribution >= 0.6 is 23.2 Å². The van der Waals surface area contributed by atoms with Gasteiger partial charge >= 0.3 is 0 Å². The third kappa shape index (κ3) is 3.26. The van der Waals surface area contributed by atoms with Crippen LogP contribution in [0.1, 0.15) is 21.0 Å². The number of amides is 2. The summed E-state index contributed by atoms with van der Waals surface area (Å²) in [5, 5.41) is 3.97. The average Bonchev–Trinajstić information content (AvgIpc) is 3.21. The Bertz CT molecular complexity index is 1070. The van der Waals surface area contributed by atoms with Crippen LogP contribution in [0, 0.1) is 0 Å². The van der Waals surface area contributed by atoms with E-state index in [2.05, 4.69) is 5.32 Å². The van der Waals surface area contributed by atoms with E-state index in [0.29, 0.717) is 43.0 Å². The van der Waals surface area contributed by atoms with Gasteiger partial charge in [-0.25, -0.2) is 0 Å². The molecule has 7 nitrogen and oxygen atoms in total. The van der Waals surface area contributed by atoms with Crippen LogP contribution in [0.4, 0.5) is 5.69 Å². The van der Waals surface area contributed by atoms with E-state index in [1.165, 1.54) is 10.6 Å². The summed E-state index contributed by atoms with van der Waals surface area (Å²) >= 11 is 12.1. The number of aromatic nitrogens is 1. The highest BCUT2D eigenvalue weighted by atomic mass is 35.5. The van der Waals surface area contributed by atoms with Crippen LogP contribution in [0.5, 0.6) is 0 Å². The zero-order valence-corrected chi connectivity index (χ0v) is 16.5. The molecule has 0 aliphatic carbocycles. The summed E-state index contributed by atoms with van der Waals surface area (Å²) in [6.07, 6.45) is 0. The Kier molecular flexibility index (Phi) is 5.05. The maximum absolute atomic E-state index is 13.0. The van der Waals surface area contributed by atoms with Crippen molar-refractivity contribution in [2.45, 2.75) is 0 Å². The minimum atomic E-state index is -0.445. The van der Waals surface area contributed by atoms with E-state index >= 15 is 0 Å². The zero-order chi connectivity index (χ0) is 19.8. The highest BCUT2D eigenvalue weighted by Crippen LogP contribution is 2.33. The molecule has 0 saturated carbocycles. The van der Waals surface area contributed by atoms with Crippen molar-refractivity contribution in [3.05, 3.63) is 52.0 Å². The highest BCUT2D eigenvalue weighted by molar-refractivity contribution is 6.42. The molecule has 1 aromatic carbocycles. The van der Waals surface area contributed by atoms with Crippen LogP contribution in [0.25, 0.3) is 11.0 Å². The Balaban J connectivity index is 1.73. The van der Waals surface area contributed by atoms with Gasteiger partial charge in [0.1, 0.15) is 22.1 Å². The third-order valence-corrected chi connectivity index (χ3v) is 5.52. The van der Waals surface area contributed by atoms with E-state index in [1.54, 1.807) is 30.1 Å². The molecule has 1 aliphatic heterocycles. The lowest BCUT2D eigenvalue weighted by molar-refractivity contribution is 0.0285. The molecule has 0 spiro atoms. The number of hydrogen-bond acceptors (Lipinski definition) is 4. The van der Waals surface area contributed by atoms with Crippen molar-refractivity contribution in [3.63, 3.8) is 0 Å². The highest BCUT2D eigenvalue weighted by Gasteiger charge is 2.28. The predicted octanol–water partition coefficient (Wildman–Crippen LogP) is 3.80. The van der Waals surface area contributed by atoms with Gasteiger partial charge in [-0.1, -0.05) is 35.3 Å². The Morgan fingerprint density at radius 3 is 2.54 bits per heavy atom. The molecule has 1 fully saturated rings. The Morgan fingerprint density at radius 2 is 1.86 bits per heavy atom. The number of carbonyl (C=O) groups excluding carboxylic acids is 2. The number of halogens is 2. The molecule has 2 amide bonds. The fourth-order valence-electron chi connectivity index (χ4n) is 3.17. The van der Waals surface area contributed by atoms with Crippen LogP contribution in [0.2, 0.25) is 10.2 Å². The van der Waals surface area contributed by atoms with Crippen LogP contribution in [0.15, 0.2) is 34.7 Å². The molecule has 2 aromatic heterocycles.